The van der Waals surface area contributed by atoms with Gasteiger partial charge in [-0.3, -0.25) is 29.0 Å². The molecule has 0 bridgehead atoms. The van der Waals surface area contributed by atoms with Gasteiger partial charge >= 0.3 is 5.97 Å². The summed E-state index contributed by atoms with van der Waals surface area (Å²) in [6.45, 7) is 8.29. The Morgan fingerprint density at radius 3 is 1.62 bits per heavy atom. The third kappa shape index (κ3) is 15.9. The number of carbonyl (C=O) groups is 6. The van der Waals surface area contributed by atoms with E-state index >= 15 is 0 Å². The minimum absolute atomic E-state index is 0.0537. The van der Waals surface area contributed by atoms with E-state index in [1.807, 2.05) is 0 Å². The molecule has 8 atom stereocenters. The van der Waals surface area contributed by atoms with E-state index in [1.54, 1.807) is 27.7 Å². The Labute approximate surface area is 273 Å². The number of hydrogen-bond acceptors (Lipinski definition) is 11. The maximum Gasteiger partial charge on any atom is 0.326 e. The van der Waals surface area contributed by atoms with Gasteiger partial charge in [0, 0.05) is 6.54 Å². The van der Waals surface area contributed by atoms with Gasteiger partial charge in [0.15, 0.2) is 5.96 Å². The Hall–Kier alpha value is -4.07. The molecule has 0 aromatic carbocycles. The standard InChI is InChI=1S/C28H53N9O10/c1-12(2)10-17(27(46)47)34-22(41)16(8-7-9-32-28(30)31)33-23(42)18(11-38)35-26(45)21(15(6)40)37-25(44)20(13(3)4)36-24(43)19(29)14(5)39/h12-21,38-40H,7-11,29H2,1-6H3,(H,33,42)(H,34,41)(H,35,45)(H,36,43)(H,37,44)(H,46,47)(H4,30,31,32)/t14-,15-,16+,17+,18+,19+,20+,21+/m1/s1. The first-order valence-corrected chi connectivity index (χ1v) is 15.3. The molecule has 0 aliphatic heterocycles. The van der Waals surface area contributed by atoms with Crippen molar-refractivity contribution >= 4 is 41.5 Å². The number of rotatable bonds is 21. The highest BCUT2D eigenvalue weighted by atomic mass is 16.4. The highest BCUT2D eigenvalue weighted by Crippen LogP contribution is 2.08. The second kappa shape index (κ2) is 20.9. The zero-order valence-electron chi connectivity index (χ0n) is 27.7. The van der Waals surface area contributed by atoms with Crippen LogP contribution in [0.2, 0.25) is 0 Å². The van der Waals surface area contributed by atoms with Crippen LogP contribution < -0.4 is 43.8 Å². The smallest absolute Gasteiger partial charge is 0.326 e. The molecule has 0 radical (unpaired) electrons. The molecule has 15 N–H and O–H groups in total. The Morgan fingerprint density at radius 2 is 1.17 bits per heavy atom. The minimum atomic E-state index is -1.68. The Kier molecular flexibility index (Phi) is 19.1. The van der Waals surface area contributed by atoms with Gasteiger partial charge in [0.25, 0.3) is 0 Å². The number of aliphatic carboxylic acids is 1. The number of aliphatic hydroxyl groups excluding tert-OH is 3. The molecule has 0 heterocycles. The van der Waals surface area contributed by atoms with Gasteiger partial charge in [0.2, 0.25) is 29.5 Å². The monoisotopic (exact) mass is 675 g/mol. The van der Waals surface area contributed by atoms with Gasteiger partial charge in [-0.15, -0.1) is 0 Å². The maximum absolute atomic E-state index is 13.1. The summed E-state index contributed by atoms with van der Waals surface area (Å²) >= 11 is 0. The molecular weight excluding hydrogens is 622 g/mol. The largest absolute Gasteiger partial charge is 0.480 e. The summed E-state index contributed by atoms with van der Waals surface area (Å²) < 4.78 is 0. The molecule has 0 fully saturated rings. The highest BCUT2D eigenvalue weighted by Gasteiger charge is 2.35. The van der Waals surface area contributed by atoms with Gasteiger partial charge in [-0.2, -0.15) is 0 Å². The summed E-state index contributed by atoms with van der Waals surface area (Å²) in [5, 5.41) is 51.0. The van der Waals surface area contributed by atoms with Gasteiger partial charge in [0.1, 0.15) is 36.3 Å². The van der Waals surface area contributed by atoms with Crippen LogP contribution in [-0.2, 0) is 28.8 Å². The molecule has 0 aromatic heterocycles. The first kappa shape index (κ1) is 42.9. The molecule has 19 heteroatoms. The highest BCUT2D eigenvalue weighted by molar-refractivity contribution is 5.96. The van der Waals surface area contributed by atoms with Gasteiger partial charge in [0.05, 0.1) is 18.8 Å². The summed E-state index contributed by atoms with van der Waals surface area (Å²) in [5.41, 5.74) is 16.3. The van der Waals surface area contributed by atoms with Crippen molar-refractivity contribution in [2.75, 3.05) is 13.2 Å². The number of aliphatic hydroxyl groups is 3. The van der Waals surface area contributed by atoms with Crippen molar-refractivity contribution in [1.82, 2.24) is 26.6 Å². The van der Waals surface area contributed by atoms with E-state index in [9.17, 15) is 49.2 Å². The lowest BCUT2D eigenvalue weighted by Crippen LogP contribution is -2.62. The molecule has 19 nitrogen and oxygen atoms in total. The second-order valence-corrected chi connectivity index (χ2v) is 12.0. The molecule has 5 amide bonds. The van der Waals surface area contributed by atoms with Crippen LogP contribution in [0.3, 0.4) is 0 Å². The van der Waals surface area contributed by atoms with Crippen molar-refractivity contribution in [3.05, 3.63) is 0 Å². The first-order valence-electron chi connectivity index (χ1n) is 15.3. The van der Waals surface area contributed by atoms with E-state index in [2.05, 4.69) is 31.6 Å². The van der Waals surface area contributed by atoms with Crippen LogP contribution in [0.4, 0.5) is 0 Å². The van der Waals surface area contributed by atoms with E-state index in [0.717, 1.165) is 0 Å². The number of carbonyl (C=O) groups excluding carboxylic acids is 5. The van der Waals surface area contributed by atoms with Crippen LogP contribution in [0.1, 0.15) is 60.8 Å². The van der Waals surface area contributed by atoms with Crippen molar-refractivity contribution in [2.45, 2.75) is 109 Å². The third-order valence-corrected chi connectivity index (χ3v) is 6.85. The lowest BCUT2D eigenvalue weighted by molar-refractivity contribution is -0.143. The molecule has 0 saturated heterocycles. The van der Waals surface area contributed by atoms with Crippen molar-refractivity contribution in [3.63, 3.8) is 0 Å². The number of aliphatic imine (C=N–C) groups is 1. The number of nitrogens with one attached hydrogen (secondary N) is 5. The molecule has 270 valence electrons. The van der Waals surface area contributed by atoms with Crippen LogP contribution in [0.25, 0.3) is 0 Å². The molecule has 0 aliphatic rings. The SMILES string of the molecule is CC(C)C[C@H](NC(=O)[C@H](CCCN=C(N)N)NC(=O)[C@H](CO)NC(=O)[C@@H](NC(=O)[C@@H](NC(=O)[C@@H](N)[C@@H](C)O)C(C)C)[C@@H](C)O)C(=O)O. The van der Waals surface area contributed by atoms with Gasteiger partial charge in [-0.1, -0.05) is 27.7 Å². The van der Waals surface area contributed by atoms with Crippen LogP contribution in [0.15, 0.2) is 4.99 Å². The minimum Gasteiger partial charge on any atom is -0.480 e. The van der Waals surface area contributed by atoms with E-state index in [1.165, 1.54) is 13.8 Å². The van der Waals surface area contributed by atoms with Gasteiger partial charge in [-0.05, 0) is 44.9 Å². The Balaban J connectivity index is 5.88. The van der Waals surface area contributed by atoms with Crippen molar-refractivity contribution in [1.29, 1.82) is 0 Å². The topological polar surface area (TPSA) is 334 Å². The summed E-state index contributed by atoms with van der Waals surface area (Å²) in [7, 11) is 0. The van der Waals surface area contributed by atoms with Crippen LogP contribution in [0.5, 0.6) is 0 Å². The number of amides is 5. The molecule has 47 heavy (non-hydrogen) atoms. The number of carboxylic acid groups (broad SMARTS) is 1. The molecule has 0 aromatic rings. The average Bonchev–Trinajstić information content (AvgIpc) is 2.96. The molecule has 0 rings (SSSR count). The number of guanidine groups is 1. The van der Waals surface area contributed by atoms with Crippen molar-refractivity contribution in [3.8, 4) is 0 Å². The van der Waals surface area contributed by atoms with E-state index in [0.29, 0.717) is 0 Å². The number of hydrogen-bond donors (Lipinski definition) is 12. The van der Waals surface area contributed by atoms with E-state index in [-0.39, 0.29) is 37.7 Å². The predicted molar refractivity (Wildman–Crippen MR) is 170 cm³/mol. The summed E-state index contributed by atoms with van der Waals surface area (Å²) in [6.07, 6.45) is -2.51. The van der Waals surface area contributed by atoms with E-state index in [4.69, 9.17) is 17.2 Å². The number of nitrogens with two attached hydrogens (primary N) is 3. The number of carboxylic acids is 1. The number of nitrogens with zero attached hydrogens (tertiary/aromatic N) is 1. The first-order chi connectivity index (χ1) is 21.7. The zero-order valence-corrected chi connectivity index (χ0v) is 27.7. The fraction of sp³-hybridized carbons (Fsp3) is 0.750. The average molecular weight is 676 g/mol. The van der Waals surface area contributed by atoms with Crippen LogP contribution in [0, 0.1) is 11.8 Å². The lowest BCUT2D eigenvalue weighted by Gasteiger charge is -2.29. The molecule has 0 spiro atoms. The molecule has 0 unspecified atom stereocenters. The van der Waals surface area contributed by atoms with Gasteiger partial charge in [-0.25, -0.2) is 4.79 Å². The summed E-state index contributed by atoms with van der Waals surface area (Å²) in [4.78, 5) is 80.2. The second-order valence-electron chi connectivity index (χ2n) is 12.0. The Morgan fingerprint density at radius 1 is 0.681 bits per heavy atom. The lowest BCUT2D eigenvalue weighted by atomic mass is 10.0. The van der Waals surface area contributed by atoms with Crippen LogP contribution in [-0.4, -0.2) is 124 Å². The molecule has 0 saturated carbocycles. The predicted octanol–water partition coefficient (Wildman–Crippen LogP) is -4.67. The summed E-state index contributed by atoms with van der Waals surface area (Å²) in [6, 6.07) is -8.51. The molecule has 0 aliphatic carbocycles. The van der Waals surface area contributed by atoms with Crippen molar-refractivity contribution in [2.24, 2.45) is 34.0 Å². The maximum atomic E-state index is 13.1. The zero-order chi connectivity index (χ0) is 36.6. The van der Waals surface area contributed by atoms with E-state index < -0.39 is 96.5 Å². The quantitative estimate of drug-likeness (QED) is 0.0310. The Bertz CT molecular complexity index is 1100. The summed E-state index contributed by atoms with van der Waals surface area (Å²) in [5.74, 6) is -6.78. The third-order valence-electron chi connectivity index (χ3n) is 6.85. The van der Waals surface area contributed by atoms with Crippen LogP contribution >= 0.6 is 0 Å². The molecular formula is C28H53N9O10. The fourth-order valence-corrected chi connectivity index (χ4v) is 4.12. The van der Waals surface area contributed by atoms with Crippen molar-refractivity contribution < 1.29 is 49.2 Å². The van der Waals surface area contributed by atoms with Gasteiger partial charge < -0.3 is 64.2 Å². The normalized spacial score (nSPS) is 16.3. The fourth-order valence-electron chi connectivity index (χ4n) is 4.12.